The number of nitrogens with zero attached hydrogens (tertiary/aromatic N) is 2. The van der Waals surface area contributed by atoms with Crippen LogP contribution in [-0.4, -0.2) is 9.55 Å². The SMILES string of the molecule is CCC1CCCn2c1nc1cc(-c3cccc(F)c3)ccc1c2=O. The summed E-state index contributed by atoms with van der Waals surface area (Å²) < 4.78 is 15.3. The van der Waals surface area contributed by atoms with E-state index in [1.807, 2.05) is 28.8 Å². The first kappa shape index (κ1) is 15.1. The van der Waals surface area contributed by atoms with E-state index in [4.69, 9.17) is 4.98 Å². The second-order valence-corrected chi connectivity index (χ2v) is 6.42. The number of benzene rings is 2. The van der Waals surface area contributed by atoms with Crippen LogP contribution < -0.4 is 5.56 Å². The highest BCUT2D eigenvalue weighted by Crippen LogP contribution is 2.29. The van der Waals surface area contributed by atoms with Crippen molar-refractivity contribution in [2.24, 2.45) is 0 Å². The highest BCUT2D eigenvalue weighted by atomic mass is 19.1. The van der Waals surface area contributed by atoms with Gasteiger partial charge in [-0.2, -0.15) is 0 Å². The smallest absolute Gasteiger partial charge is 0.261 e. The van der Waals surface area contributed by atoms with Crippen LogP contribution in [0.5, 0.6) is 0 Å². The van der Waals surface area contributed by atoms with Crippen molar-refractivity contribution in [3.63, 3.8) is 0 Å². The summed E-state index contributed by atoms with van der Waals surface area (Å²) in [5.41, 5.74) is 2.42. The number of hydrogen-bond donors (Lipinski definition) is 0. The molecule has 0 saturated carbocycles. The first-order valence-electron chi connectivity index (χ1n) is 8.48. The van der Waals surface area contributed by atoms with Crippen LogP contribution >= 0.6 is 0 Å². The molecule has 0 spiro atoms. The third-order valence-corrected chi connectivity index (χ3v) is 4.94. The lowest BCUT2D eigenvalue weighted by atomic mass is 9.95. The maximum atomic E-state index is 13.5. The molecule has 4 heteroatoms. The fraction of sp³-hybridized carbons (Fsp3) is 0.300. The fourth-order valence-corrected chi connectivity index (χ4v) is 3.63. The van der Waals surface area contributed by atoms with Crippen LogP contribution in [0.1, 0.15) is 37.9 Å². The van der Waals surface area contributed by atoms with Gasteiger partial charge in [0.05, 0.1) is 10.9 Å². The largest absolute Gasteiger partial charge is 0.296 e. The fourth-order valence-electron chi connectivity index (χ4n) is 3.63. The second kappa shape index (κ2) is 5.86. The van der Waals surface area contributed by atoms with E-state index in [9.17, 15) is 9.18 Å². The van der Waals surface area contributed by atoms with Crippen molar-refractivity contribution in [1.29, 1.82) is 0 Å². The van der Waals surface area contributed by atoms with E-state index in [1.165, 1.54) is 12.1 Å². The van der Waals surface area contributed by atoms with E-state index in [1.54, 1.807) is 6.07 Å². The van der Waals surface area contributed by atoms with Gasteiger partial charge in [0.2, 0.25) is 0 Å². The third kappa shape index (κ3) is 2.42. The minimum atomic E-state index is -0.267. The molecule has 1 aliphatic heterocycles. The average molecular weight is 322 g/mol. The number of rotatable bonds is 2. The van der Waals surface area contributed by atoms with E-state index in [-0.39, 0.29) is 11.4 Å². The Morgan fingerprint density at radius 2 is 2.04 bits per heavy atom. The Morgan fingerprint density at radius 3 is 2.83 bits per heavy atom. The number of hydrogen-bond acceptors (Lipinski definition) is 2. The van der Waals surface area contributed by atoms with Gasteiger partial charge in [-0.15, -0.1) is 0 Å². The van der Waals surface area contributed by atoms with Crippen LogP contribution in [0.2, 0.25) is 0 Å². The summed E-state index contributed by atoms with van der Waals surface area (Å²) in [4.78, 5) is 17.6. The maximum Gasteiger partial charge on any atom is 0.261 e. The van der Waals surface area contributed by atoms with E-state index in [2.05, 4.69) is 6.92 Å². The van der Waals surface area contributed by atoms with Gasteiger partial charge in [-0.05, 0) is 54.7 Å². The molecule has 1 unspecified atom stereocenters. The van der Waals surface area contributed by atoms with E-state index >= 15 is 0 Å². The molecule has 2 aromatic carbocycles. The highest BCUT2D eigenvalue weighted by Gasteiger charge is 2.22. The molecule has 1 aromatic heterocycles. The molecule has 0 fully saturated rings. The minimum Gasteiger partial charge on any atom is -0.296 e. The predicted octanol–water partition coefficient (Wildman–Crippen LogP) is 4.49. The zero-order chi connectivity index (χ0) is 16.7. The lowest BCUT2D eigenvalue weighted by Gasteiger charge is -2.25. The van der Waals surface area contributed by atoms with Crippen molar-refractivity contribution in [3.8, 4) is 11.1 Å². The van der Waals surface area contributed by atoms with Crippen LogP contribution in [0.15, 0.2) is 47.3 Å². The summed E-state index contributed by atoms with van der Waals surface area (Å²) in [6.07, 6.45) is 3.10. The molecule has 24 heavy (non-hydrogen) atoms. The molecule has 0 radical (unpaired) electrons. The van der Waals surface area contributed by atoms with Gasteiger partial charge in [-0.25, -0.2) is 9.37 Å². The first-order valence-corrected chi connectivity index (χ1v) is 8.48. The van der Waals surface area contributed by atoms with Crippen LogP contribution in [0.4, 0.5) is 4.39 Å². The standard InChI is InChI=1S/C20H19FN2O/c1-2-13-6-4-10-23-19(13)22-18-12-15(8-9-17(18)20(23)24)14-5-3-7-16(21)11-14/h3,5,7-9,11-13H,2,4,6,10H2,1H3. The predicted molar refractivity (Wildman–Crippen MR) is 93.7 cm³/mol. The Hall–Kier alpha value is -2.49. The van der Waals surface area contributed by atoms with Gasteiger partial charge in [0.15, 0.2) is 0 Å². The molecule has 0 bridgehead atoms. The Labute approximate surface area is 139 Å². The molecule has 0 saturated heterocycles. The quantitative estimate of drug-likeness (QED) is 0.697. The summed E-state index contributed by atoms with van der Waals surface area (Å²) >= 11 is 0. The normalized spacial score (nSPS) is 17.0. The van der Waals surface area contributed by atoms with Gasteiger partial charge in [0.25, 0.3) is 5.56 Å². The van der Waals surface area contributed by atoms with Crippen molar-refractivity contribution in [2.45, 2.75) is 38.6 Å². The Bertz CT molecular complexity index is 977. The molecule has 1 atom stereocenters. The third-order valence-electron chi connectivity index (χ3n) is 4.94. The lowest BCUT2D eigenvalue weighted by Crippen LogP contribution is -2.30. The topological polar surface area (TPSA) is 34.9 Å². The molecule has 3 nitrogen and oxygen atoms in total. The highest BCUT2D eigenvalue weighted by molar-refractivity contribution is 5.83. The summed E-state index contributed by atoms with van der Waals surface area (Å²) in [6, 6.07) is 12.1. The Morgan fingerprint density at radius 1 is 1.21 bits per heavy atom. The Balaban J connectivity index is 1.92. The van der Waals surface area contributed by atoms with Crippen molar-refractivity contribution >= 4 is 10.9 Å². The molecule has 2 heterocycles. The molecule has 1 aliphatic rings. The first-order chi connectivity index (χ1) is 11.7. The molecular weight excluding hydrogens is 303 g/mol. The van der Waals surface area contributed by atoms with E-state index in [0.29, 0.717) is 16.8 Å². The zero-order valence-electron chi connectivity index (χ0n) is 13.6. The van der Waals surface area contributed by atoms with Gasteiger partial charge in [-0.1, -0.05) is 25.1 Å². The van der Waals surface area contributed by atoms with Crippen LogP contribution in [-0.2, 0) is 6.54 Å². The second-order valence-electron chi connectivity index (χ2n) is 6.42. The van der Waals surface area contributed by atoms with Gasteiger partial charge < -0.3 is 0 Å². The monoisotopic (exact) mass is 322 g/mol. The molecule has 4 rings (SSSR count). The van der Waals surface area contributed by atoms with Gasteiger partial charge in [0.1, 0.15) is 11.6 Å². The summed E-state index contributed by atoms with van der Waals surface area (Å²) in [7, 11) is 0. The maximum absolute atomic E-state index is 13.5. The van der Waals surface area contributed by atoms with E-state index < -0.39 is 0 Å². The number of fused-ring (bicyclic) bond motifs is 2. The number of aromatic nitrogens is 2. The van der Waals surface area contributed by atoms with Crippen molar-refractivity contribution in [2.75, 3.05) is 0 Å². The summed E-state index contributed by atoms with van der Waals surface area (Å²) in [5, 5.41) is 0.635. The lowest BCUT2D eigenvalue weighted by molar-refractivity contribution is 0.420. The molecule has 0 N–H and O–H groups in total. The molecule has 3 aromatic rings. The molecular formula is C20H19FN2O. The molecule has 122 valence electrons. The van der Waals surface area contributed by atoms with Crippen LogP contribution in [0.3, 0.4) is 0 Å². The van der Waals surface area contributed by atoms with Crippen LogP contribution in [0, 0.1) is 5.82 Å². The summed E-state index contributed by atoms with van der Waals surface area (Å²) in [5.74, 6) is 0.975. The molecule has 0 amide bonds. The van der Waals surface area contributed by atoms with Gasteiger partial charge in [-0.3, -0.25) is 9.36 Å². The zero-order valence-corrected chi connectivity index (χ0v) is 13.6. The van der Waals surface area contributed by atoms with Gasteiger partial charge in [0, 0.05) is 12.5 Å². The Kier molecular flexibility index (Phi) is 3.68. The van der Waals surface area contributed by atoms with Crippen molar-refractivity contribution in [1.82, 2.24) is 9.55 Å². The van der Waals surface area contributed by atoms with Crippen molar-refractivity contribution < 1.29 is 4.39 Å². The average Bonchev–Trinajstić information content (AvgIpc) is 2.61. The summed E-state index contributed by atoms with van der Waals surface area (Å²) in [6.45, 7) is 2.89. The van der Waals surface area contributed by atoms with Crippen molar-refractivity contribution in [3.05, 3.63) is 64.5 Å². The minimum absolute atomic E-state index is 0.0407. The van der Waals surface area contributed by atoms with Gasteiger partial charge >= 0.3 is 0 Å². The van der Waals surface area contributed by atoms with Crippen LogP contribution in [0.25, 0.3) is 22.0 Å². The number of halogens is 1. The van der Waals surface area contributed by atoms with E-state index in [0.717, 1.165) is 42.8 Å². The molecule has 0 aliphatic carbocycles.